The van der Waals surface area contributed by atoms with E-state index >= 15 is 0 Å². The van der Waals surface area contributed by atoms with Gasteiger partial charge in [0.1, 0.15) is 5.82 Å². The Hall–Kier alpha value is -1.35. The molecule has 0 saturated carbocycles. The fourth-order valence-electron chi connectivity index (χ4n) is 2.20. The summed E-state index contributed by atoms with van der Waals surface area (Å²) in [6.45, 7) is 0. The second kappa shape index (κ2) is 6.71. The molecule has 2 rings (SSSR count). The van der Waals surface area contributed by atoms with E-state index in [0.29, 0.717) is 11.8 Å². The number of benzene rings is 1. The SMILES string of the molecule is Cn1cc(CCC(CCl)Cc2cccc(F)c2)cn1. The van der Waals surface area contributed by atoms with Crippen LogP contribution < -0.4 is 0 Å². The second-order valence-corrected chi connectivity index (χ2v) is 5.22. The minimum absolute atomic E-state index is 0.182. The molecule has 0 aliphatic rings. The molecule has 2 aromatic rings. The van der Waals surface area contributed by atoms with Gasteiger partial charge in [0.05, 0.1) is 6.20 Å². The first kappa shape index (κ1) is 14.1. The number of aromatic nitrogens is 2. The summed E-state index contributed by atoms with van der Waals surface area (Å²) in [6.07, 6.45) is 6.68. The molecule has 1 heterocycles. The van der Waals surface area contributed by atoms with E-state index in [1.165, 1.54) is 11.6 Å². The van der Waals surface area contributed by atoms with E-state index in [2.05, 4.69) is 5.10 Å². The van der Waals surface area contributed by atoms with Crippen LogP contribution in [0.1, 0.15) is 17.5 Å². The van der Waals surface area contributed by atoms with Crippen molar-refractivity contribution in [1.29, 1.82) is 0 Å². The summed E-state index contributed by atoms with van der Waals surface area (Å²) in [7, 11) is 1.91. The molecule has 0 bridgehead atoms. The molecular weight excluding hydrogens is 263 g/mol. The quantitative estimate of drug-likeness (QED) is 0.740. The zero-order valence-corrected chi connectivity index (χ0v) is 11.8. The van der Waals surface area contributed by atoms with E-state index < -0.39 is 0 Å². The normalized spacial score (nSPS) is 12.6. The molecule has 0 aliphatic heterocycles. The average Bonchev–Trinajstić information content (AvgIpc) is 2.80. The van der Waals surface area contributed by atoms with Crippen LogP contribution in [0.3, 0.4) is 0 Å². The zero-order valence-electron chi connectivity index (χ0n) is 11.0. The third-order valence-corrected chi connectivity index (χ3v) is 3.67. The van der Waals surface area contributed by atoms with Crippen LogP contribution in [0.4, 0.5) is 4.39 Å². The molecule has 19 heavy (non-hydrogen) atoms. The largest absolute Gasteiger partial charge is 0.276 e. The summed E-state index contributed by atoms with van der Waals surface area (Å²) < 4.78 is 14.9. The highest BCUT2D eigenvalue weighted by atomic mass is 35.5. The highest BCUT2D eigenvalue weighted by Gasteiger charge is 2.10. The van der Waals surface area contributed by atoms with Crippen molar-refractivity contribution in [3.8, 4) is 0 Å². The van der Waals surface area contributed by atoms with Gasteiger partial charge in [0.2, 0.25) is 0 Å². The number of alkyl halides is 1. The van der Waals surface area contributed by atoms with Gasteiger partial charge in [-0.3, -0.25) is 4.68 Å². The van der Waals surface area contributed by atoms with E-state index in [1.807, 2.05) is 25.5 Å². The van der Waals surface area contributed by atoms with Gasteiger partial charge < -0.3 is 0 Å². The molecule has 0 spiro atoms. The maximum absolute atomic E-state index is 13.1. The van der Waals surface area contributed by atoms with Crippen molar-refractivity contribution >= 4 is 11.6 Å². The molecule has 0 saturated heterocycles. The van der Waals surface area contributed by atoms with Gasteiger partial charge in [0, 0.05) is 19.1 Å². The van der Waals surface area contributed by atoms with E-state index in [-0.39, 0.29) is 5.82 Å². The number of rotatable bonds is 6. The fraction of sp³-hybridized carbons (Fsp3) is 0.400. The standard InChI is InChI=1S/C15H18ClFN2/c1-19-11-14(10-18-19)6-5-13(9-16)7-12-3-2-4-15(17)8-12/h2-4,8,10-11,13H,5-7,9H2,1H3. The van der Waals surface area contributed by atoms with Gasteiger partial charge in [0.15, 0.2) is 0 Å². The molecule has 1 aromatic carbocycles. The Morgan fingerprint density at radius 1 is 1.37 bits per heavy atom. The summed E-state index contributed by atoms with van der Waals surface area (Å²) in [5.41, 5.74) is 2.23. The van der Waals surface area contributed by atoms with Crippen LogP contribution in [0.2, 0.25) is 0 Å². The molecule has 102 valence electrons. The molecule has 1 atom stereocenters. The van der Waals surface area contributed by atoms with Crippen molar-refractivity contribution in [3.05, 3.63) is 53.6 Å². The first-order chi connectivity index (χ1) is 9.17. The fourth-order valence-corrected chi connectivity index (χ4v) is 2.47. The number of aryl methyl sites for hydroxylation is 2. The monoisotopic (exact) mass is 280 g/mol. The van der Waals surface area contributed by atoms with Gasteiger partial charge in [-0.05, 0) is 48.4 Å². The highest BCUT2D eigenvalue weighted by molar-refractivity contribution is 6.18. The molecule has 0 aliphatic carbocycles. The molecule has 1 unspecified atom stereocenters. The van der Waals surface area contributed by atoms with Crippen molar-refractivity contribution < 1.29 is 4.39 Å². The molecule has 2 nitrogen and oxygen atoms in total. The smallest absolute Gasteiger partial charge is 0.123 e. The topological polar surface area (TPSA) is 17.8 Å². The van der Waals surface area contributed by atoms with Crippen LogP contribution in [0.25, 0.3) is 0 Å². The Bertz CT molecular complexity index is 524. The Morgan fingerprint density at radius 2 is 2.21 bits per heavy atom. The number of halogens is 2. The predicted octanol–water partition coefficient (Wildman–Crippen LogP) is 3.59. The Balaban J connectivity index is 1.89. The van der Waals surface area contributed by atoms with Crippen LogP contribution in [0.15, 0.2) is 36.7 Å². The third kappa shape index (κ3) is 4.35. The molecule has 0 fully saturated rings. The number of nitrogens with zero attached hydrogens (tertiary/aromatic N) is 2. The van der Waals surface area contributed by atoms with Crippen LogP contribution in [0, 0.1) is 11.7 Å². The number of hydrogen-bond donors (Lipinski definition) is 0. The molecule has 0 amide bonds. The molecule has 4 heteroatoms. The lowest BCUT2D eigenvalue weighted by molar-refractivity contribution is 0.533. The summed E-state index contributed by atoms with van der Waals surface area (Å²) in [5.74, 6) is 0.776. The molecule has 0 radical (unpaired) electrons. The van der Waals surface area contributed by atoms with E-state index in [0.717, 1.165) is 24.8 Å². The van der Waals surface area contributed by atoms with E-state index in [4.69, 9.17) is 11.6 Å². The summed E-state index contributed by atoms with van der Waals surface area (Å²) >= 11 is 6.01. The highest BCUT2D eigenvalue weighted by Crippen LogP contribution is 2.17. The summed E-state index contributed by atoms with van der Waals surface area (Å²) in [6, 6.07) is 6.75. The third-order valence-electron chi connectivity index (χ3n) is 3.23. The van der Waals surface area contributed by atoms with Gasteiger partial charge in [-0.1, -0.05) is 12.1 Å². The predicted molar refractivity (Wildman–Crippen MR) is 75.8 cm³/mol. The van der Waals surface area contributed by atoms with Gasteiger partial charge in [-0.2, -0.15) is 5.10 Å². The van der Waals surface area contributed by atoms with Gasteiger partial charge in [-0.25, -0.2) is 4.39 Å². The first-order valence-corrected chi connectivity index (χ1v) is 6.98. The summed E-state index contributed by atoms with van der Waals surface area (Å²) in [5, 5.41) is 4.15. The lowest BCUT2D eigenvalue weighted by atomic mass is 9.95. The van der Waals surface area contributed by atoms with Gasteiger partial charge >= 0.3 is 0 Å². The summed E-state index contributed by atoms with van der Waals surface area (Å²) in [4.78, 5) is 0. The van der Waals surface area contributed by atoms with Crippen molar-refractivity contribution in [2.75, 3.05) is 5.88 Å². The van der Waals surface area contributed by atoms with E-state index in [9.17, 15) is 4.39 Å². The lowest BCUT2D eigenvalue weighted by Crippen LogP contribution is -2.08. The van der Waals surface area contributed by atoms with Crippen molar-refractivity contribution in [3.63, 3.8) is 0 Å². The Labute approximate surface area is 118 Å². The van der Waals surface area contributed by atoms with Crippen molar-refractivity contribution in [2.24, 2.45) is 13.0 Å². The average molecular weight is 281 g/mol. The van der Waals surface area contributed by atoms with Gasteiger partial charge in [-0.15, -0.1) is 11.6 Å². The first-order valence-electron chi connectivity index (χ1n) is 6.45. The molecule has 1 aromatic heterocycles. The molecular formula is C15H18ClFN2. The zero-order chi connectivity index (χ0) is 13.7. The second-order valence-electron chi connectivity index (χ2n) is 4.92. The molecule has 0 N–H and O–H groups in total. The van der Waals surface area contributed by atoms with Crippen LogP contribution in [0.5, 0.6) is 0 Å². The van der Waals surface area contributed by atoms with Crippen molar-refractivity contribution in [2.45, 2.75) is 19.3 Å². The van der Waals surface area contributed by atoms with Crippen molar-refractivity contribution in [1.82, 2.24) is 9.78 Å². The minimum atomic E-state index is -0.182. The number of hydrogen-bond acceptors (Lipinski definition) is 1. The minimum Gasteiger partial charge on any atom is -0.276 e. The Kier molecular flexibility index (Phi) is 4.97. The van der Waals surface area contributed by atoms with Crippen LogP contribution in [-0.4, -0.2) is 15.7 Å². The van der Waals surface area contributed by atoms with Gasteiger partial charge in [0.25, 0.3) is 0 Å². The van der Waals surface area contributed by atoms with Crippen LogP contribution in [-0.2, 0) is 19.9 Å². The van der Waals surface area contributed by atoms with Crippen LogP contribution >= 0.6 is 11.6 Å². The maximum Gasteiger partial charge on any atom is 0.123 e. The maximum atomic E-state index is 13.1. The Morgan fingerprint density at radius 3 is 2.84 bits per heavy atom. The van der Waals surface area contributed by atoms with E-state index in [1.54, 1.807) is 16.8 Å². The lowest BCUT2D eigenvalue weighted by Gasteiger charge is -2.13.